The molecule has 1 aliphatic heterocycles. The van der Waals surface area contributed by atoms with Crippen molar-refractivity contribution in [3.05, 3.63) is 34.9 Å². The van der Waals surface area contributed by atoms with Gasteiger partial charge in [-0.25, -0.2) is 4.79 Å². The Kier molecular flexibility index (Phi) is 8.76. The molecule has 0 atom stereocenters. The minimum Gasteiger partial charge on any atom is -0.466 e. The fourth-order valence-corrected chi connectivity index (χ4v) is 3.61. The van der Waals surface area contributed by atoms with Gasteiger partial charge in [-0.1, -0.05) is 23.7 Å². The number of rotatable bonds is 8. The number of hydrogen-bond donors (Lipinski definition) is 1. The number of urea groups is 1. The number of nitrogens with zero attached hydrogens (tertiary/aromatic N) is 1. The first-order chi connectivity index (χ1) is 13.9. The summed E-state index contributed by atoms with van der Waals surface area (Å²) >= 11 is 5.96. The van der Waals surface area contributed by atoms with Gasteiger partial charge in [0.15, 0.2) is 0 Å². The third-order valence-corrected chi connectivity index (χ3v) is 5.33. The normalized spacial score (nSPS) is 15.5. The number of halogens is 1. The highest BCUT2D eigenvalue weighted by Crippen LogP contribution is 2.37. The number of piperidine rings is 1. The maximum atomic E-state index is 12.8. The van der Waals surface area contributed by atoms with Crippen molar-refractivity contribution in [2.45, 2.75) is 39.5 Å². The Morgan fingerprint density at radius 2 is 1.69 bits per heavy atom. The Morgan fingerprint density at radius 1 is 1.07 bits per heavy atom. The van der Waals surface area contributed by atoms with Crippen molar-refractivity contribution in [3.8, 4) is 0 Å². The Bertz CT molecular complexity index is 700. The van der Waals surface area contributed by atoms with E-state index in [2.05, 4.69) is 5.32 Å². The molecule has 1 N–H and O–H groups in total. The van der Waals surface area contributed by atoms with Crippen molar-refractivity contribution < 1.29 is 23.9 Å². The van der Waals surface area contributed by atoms with E-state index in [9.17, 15) is 14.4 Å². The summed E-state index contributed by atoms with van der Waals surface area (Å²) in [6, 6.07) is 7.21. The predicted molar refractivity (Wildman–Crippen MR) is 110 cm³/mol. The van der Waals surface area contributed by atoms with Crippen LogP contribution in [-0.4, -0.2) is 55.7 Å². The molecule has 1 fully saturated rings. The molecule has 1 heterocycles. The first-order valence-electron chi connectivity index (χ1n) is 10.00. The molecule has 2 amide bonds. The zero-order chi connectivity index (χ0) is 21.3. The second-order valence-electron chi connectivity index (χ2n) is 7.08. The van der Waals surface area contributed by atoms with Crippen molar-refractivity contribution >= 4 is 29.6 Å². The van der Waals surface area contributed by atoms with E-state index in [1.165, 1.54) is 0 Å². The summed E-state index contributed by atoms with van der Waals surface area (Å²) in [7, 11) is 0. The van der Waals surface area contributed by atoms with Crippen molar-refractivity contribution in [3.63, 3.8) is 0 Å². The quantitative estimate of drug-likeness (QED) is 0.648. The highest BCUT2D eigenvalue weighted by molar-refractivity contribution is 6.30. The molecule has 29 heavy (non-hydrogen) atoms. The van der Waals surface area contributed by atoms with Gasteiger partial charge in [-0.15, -0.1) is 0 Å². The van der Waals surface area contributed by atoms with E-state index in [-0.39, 0.29) is 30.9 Å². The van der Waals surface area contributed by atoms with Gasteiger partial charge < -0.3 is 19.7 Å². The van der Waals surface area contributed by atoms with Crippen LogP contribution in [0.25, 0.3) is 0 Å². The fraction of sp³-hybridized carbons (Fsp3) is 0.571. The summed E-state index contributed by atoms with van der Waals surface area (Å²) in [5, 5.41) is 3.38. The highest BCUT2D eigenvalue weighted by atomic mass is 35.5. The van der Waals surface area contributed by atoms with Crippen LogP contribution in [0.2, 0.25) is 5.02 Å². The molecule has 1 aromatic rings. The summed E-state index contributed by atoms with van der Waals surface area (Å²) in [6.45, 7) is 5.28. The van der Waals surface area contributed by atoms with Crippen LogP contribution < -0.4 is 5.32 Å². The third kappa shape index (κ3) is 6.63. The zero-order valence-corrected chi connectivity index (χ0v) is 17.8. The van der Waals surface area contributed by atoms with Gasteiger partial charge in [-0.3, -0.25) is 9.59 Å². The highest BCUT2D eigenvalue weighted by Gasteiger charge is 2.43. The largest absolute Gasteiger partial charge is 0.466 e. The number of esters is 2. The molecular weight excluding hydrogens is 396 g/mol. The van der Waals surface area contributed by atoms with E-state index in [1.807, 2.05) is 24.3 Å². The van der Waals surface area contributed by atoms with Gasteiger partial charge in [-0.2, -0.15) is 0 Å². The molecule has 160 valence electrons. The molecule has 1 aromatic carbocycles. The second-order valence-corrected chi connectivity index (χ2v) is 7.51. The Balaban J connectivity index is 1.95. The van der Waals surface area contributed by atoms with Gasteiger partial charge in [0, 0.05) is 24.7 Å². The van der Waals surface area contributed by atoms with Crippen LogP contribution in [0.1, 0.15) is 38.7 Å². The molecule has 7 nitrogen and oxygen atoms in total. The van der Waals surface area contributed by atoms with Crippen LogP contribution in [0.4, 0.5) is 4.79 Å². The van der Waals surface area contributed by atoms with Crippen molar-refractivity contribution in [1.82, 2.24) is 10.2 Å². The Hall–Kier alpha value is -2.28. The number of hydrogen-bond acceptors (Lipinski definition) is 5. The van der Waals surface area contributed by atoms with Crippen LogP contribution in [0, 0.1) is 5.41 Å². The van der Waals surface area contributed by atoms with Crippen LogP contribution in [0.5, 0.6) is 0 Å². The number of likely N-dealkylation sites (tertiary alicyclic amines) is 1. The number of carbonyl (C=O) groups excluding carboxylic acids is 3. The van der Waals surface area contributed by atoms with E-state index < -0.39 is 5.41 Å². The van der Waals surface area contributed by atoms with Crippen molar-refractivity contribution in [2.24, 2.45) is 5.41 Å². The zero-order valence-electron chi connectivity index (χ0n) is 17.0. The molecule has 0 aliphatic carbocycles. The second kappa shape index (κ2) is 11.0. The molecule has 0 aromatic heterocycles. The van der Waals surface area contributed by atoms with Gasteiger partial charge in [-0.05, 0) is 50.8 Å². The number of benzene rings is 1. The molecule has 1 aliphatic rings. The maximum absolute atomic E-state index is 12.8. The van der Waals surface area contributed by atoms with E-state index in [4.69, 9.17) is 21.1 Å². The number of amides is 2. The van der Waals surface area contributed by atoms with E-state index >= 15 is 0 Å². The summed E-state index contributed by atoms with van der Waals surface area (Å²) in [6.07, 6.45) is 1.71. The average molecular weight is 425 g/mol. The Morgan fingerprint density at radius 3 is 2.28 bits per heavy atom. The van der Waals surface area contributed by atoms with E-state index in [0.29, 0.717) is 50.6 Å². The minimum absolute atomic E-state index is 0.136. The topological polar surface area (TPSA) is 84.9 Å². The monoisotopic (exact) mass is 424 g/mol. The van der Waals surface area contributed by atoms with Gasteiger partial charge in [0.1, 0.15) is 0 Å². The molecule has 0 spiro atoms. The lowest BCUT2D eigenvalue weighted by molar-refractivity contribution is -0.158. The molecule has 1 saturated heterocycles. The van der Waals surface area contributed by atoms with E-state index in [1.54, 1.807) is 18.7 Å². The standard InChI is InChI=1S/C21H29ClN2O5/c1-3-28-18(25)9-12-23-20(27)24-13-10-21(11-14-24,19(26)29-4-2)15-16-5-7-17(22)8-6-16/h5-8H,3-4,9-15H2,1-2H3,(H,23,27). The summed E-state index contributed by atoms with van der Waals surface area (Å²) in [5.74, 6) is -0.562. The average Bonchev–Trinajstić information content (AvgIpc) is 2.70. The van der Waals surface area contributed by atoms with Crippen LogP contribution in [-0.2, 0) is 25.5 Å². The van der Waals surface area contributed by atoms with Crippen molar-refractivity contribution in [2.75, 3.05) is 32.8 Å². The lowest BCUT2D eigenvalue weighted by Gasteiger charge is -2.40. The predicted octanol–water partition coefficient (Wildman–Crippen LogP) is 3.19. The van der Waals surface area contributed by atoms with Gasteiger partial charge in [0.25, 0.3) is 0 Å². The lowest BCUT2D eigenvalue weighted by atomic mass is 9.73. The fourth-order valence-electron chi connectivity index (χ4n) is 3.48. The first kappa shape index (κ1) is 23.0. The van der Waals surface area contributed by atoms with Crippen LogP contribution >= 0.6 is 11.6 Å². The van der Waals surface area contributed by atoms with Crippen molar-refractivity contribution in [1.29, 1.82) is 0 Å². The molecular formula is C21H29ClN2O5. The van der Waals surface area contributed by atoms with Crippen LogP contribution in [0.15, 0.2) is 24.3 Å². The van der Waals surface area contributed by atoms with Gasteiger partial charge in [0.2, 0.25) is 0 Å². The summed E-state index contributed by atoms with van der Waals surface area (Å²) < 4.78 is 10.2. The van der Waals surface area contributed by atoms with E-state index in [0.717, 1.165) is 5.56 Å². The maximum Gasteiger partial charge on any atom is 0.317 e. The first-order valence-corrected chi connectivity index (χ1v) is 10.4. The van der Waals surface area contributed by atoms with Gasteiger partial charge >= 0.3 is 18.0 Å². The molecule has 0 radical (unpaired) electrons. The third-order valence-electron chi connectivity index (χ3n) is 5.08. The number of nitrogens with one attached hydrogen (secondary N) is 1. The Labute approximate surface area is 176 Å². The smallest absolute Gasteiger partial charge is 0.317 e. The molecule has 2 rings (SSSR count). The number of ether oxygens (including phenoxy) is 2. The molecule has 0 saturated carbocycles. The summed E-state index contributed by atoms with van der Waals surface area (Å²) in [5.41, 5.74) is 0.348. The lowest BCUT2D eigenvalue weighted by Crippen LogP contribution is -2.51. The van der Waals surface area contributed by atoms with Gasteiger partial charge in [0.05, 0.1) is 25.0 Å². The summed E-state index contributed by atoms with van der Waals surface area (Å²) in [4.78, 5) is 38.2. The molecule has 0 bridgehead atoms. The number of carbonyl (C=O) groups is 3. The van der Waals surface area contributed by atoms with Crippen LogP contribution in [0.3, 0.4) is 0 Å². The molecule has 8 heteroatoms. The minimum atomic E-state index is -0.661. The molecule has 0 unspecified atom stereocenters. The SMILES string of the molecule is CCOC(=O)CCNC(=O)N1CCC(Cc2ccc(Cl)cc2)(C(=O)OCC)CC1.